The van der Waals surface area contributed by atoms with Crippen LogP contribution < -0.4 is 5.56 Å². The van der Waals surface area contributed by atoms with Crippen LogP contribution >= 0.6 is 0 Å². The minimum Gasteiger partial charge on any atom is -0.508 e. The highest BCUT2D eigenvalue weighted by atomic mass is 16.4. The third kappa shape index (κ3) is 5.66. The van der Waals surface area contributed by atoms with Gasteiger partial charge in [0.15, 0.2) is 0 Å². The first kappa shape index (κ1) is 24.0. The molecule has 0 spiro atoms. The number of aryl methyl sites for hydroxylation is 1. The van der Waals surface area contributed by atoms with E-state index in [1.165, 1.54) is 0 Å². The molecule has 1 aromatic heterocycles. The minimum atomic E-state index is -0.963. The zero-order chi connectivity index (χ0) is 24.8. The lowest BCUT2D eigenvalue weighted by Crippen LogP contribution is -2.27. The van der Waals surface area contributed by atoms with E-state index in [9.17, 15) is 19.8 Å². The molecule has 178 valence electrons. The highest BCUT2D eigenvalue weighted by Gasteiger charge is 2.14. The fourth-order valence-electron chi connectivity index (χ4n) is 4.14. The van der Waals surface area contributed by atoms with Crippen LogP contribution in [0.25, 0.3) is 11.1 Å². The number of hydrogen-bond donors (Lipinski definition) is 2. The third-order valence-corrected chi connectivity index (χ3v) is 6.08. The molecule has 0 aliphatic rings. The number of phenols is 1. The van der Waals surface area contributed by atoms with Gasteiger partial charge in [-0.1, -0.05) is 67.9 Å². The molecular weight excluding hydrogens is 440 g/mol. The molecule has 6 nitrogen and oxygen atoms in total. The van der Waals surface area contributed by atoms with Gasteiger partial charge in [-0.05, 0) is 53.3 Å². The summed E-state index contributed by atoms with van der Waals surface area (Å²) in [5.74, 6) is -0.779. The number of benzene rings is 3. The van der Waals surface area contributed by atoms with Gasteiger partial charge in [0.1, 0.15) is 5.75 Å². The predicted molar refractivity (Wildman–Crippen MR) is 136 cm³/mol. The van der Waals surface area contributed by atoms with Crippen molar-refractivity contribution in [3.8, 4) is 16.9 Å². The Kier molecular flexibility index (Phi) is 7.41. The Bertz CT molecular complexity index is 1370. The van der Waals surface area contributed by atoms with Crippen LogP contribution in [0.5, 0.6) is 5.75 Å². The summed E-state index contributed by atoms with van der Waals surface area (Å²) in [5.41, 5.74) is 5.02. The molecular formula is C29H28N2O4. The zero-order valence-corrected chi connectivity index (χ0v) is 19.6. The van der Waals surface area contributed by atoms with E-state index >= 15 is 0 Å². The van der Waals surface area contributed by atoms with E-state index in [1.54, 1.807) is 53.4 Å². The van der Waals surface area contributed by atoms with E-state index in [4.69, 9.17) is 0 Å². The fraction of sp³-hybridized carbons (Fsp3) is 0.207. The van der Waals surface area contributed by atoms with Crippen molar-refractivity contribution in [1.29, 1.82) is 0 Å². The lowest BCUT2D eigenvalue weighted by atomic mass is 9.96. The van der Waals surface area contributed by atoms with Crippen LogP contribution in [0, 0.1) is 0 Å². The third-order valence-electron chi connectivity index (χ3n) is 6.08. The van der Waals surface area contributed by atoms with Crippen LogP contribution in [-0.4, -0.2) is 25.7 Å². The summed E-state index contributed by atoms with van der Waals surface area (Å²) in [4.78, 5) is 29.7. The lowest BCUT2D eigenvalue weighted by molar-refractivity contribution is 0.0697. The number of carboxylic acid groups (broad SMARTS) is 1. The molecule has 6 heteroatoms. The van der Waals surface area contributed by atoms with E-state index in [0.29, 0.717) is 24.1 Å². The molecule has 4 rings (SSSR count). The molecule has 0 aliphatic heterocycles. The van der Waals surface area contributed by atoms with E-state index in [0.717, 1.165) is 41.6 Å². The quantitative estimate of drug-likeness (QED) is 0.348. The number of hydrogen-bond acceptors (Lipinski definition) is 4. The van der Waals surface area contributed by atoms with Gasteiger partial charge in [0.05, 0.1) is 24.1 Å². The van der Waals surface area contributed by atoms with E-state index in [-0.39, 0.29) is 16.9 Å². The maximum atomic E-state index is 13.4. The van der Waals surface area contributed by atoms with Gasteiger partial charge in [0.25, 0.3) is 5.56 Å². The fourth-order valence-corrected chi connectivity index (χ4v) is 4.14. The number of carbonyl (C=O) groups is 1. The normalized spacial score (nSPS) is 10.9. The first-order valence-corrected chi connectivity index (χ1v) is 11.7. The van der Waals surface area contributed by atoms with Gasteiger partial charge in [-0.2, -0.15) is 0 Å². The average molecular weight is 469 g/mol. The summed E-state index contributed by atoms with van der Waals surface area (Å²) in [7, 11) is 0. The van der Waals surface area contributed by atoms with Gasteiger partial charge in [-0.25, -0.2) is 9.78 Å². The minimum absolute atomic E-state index is 0.0699. The van der Waals surface area contributed by atoms with Crippen molar-refractivity contribution in [3.05, 3.63) is 117 Å². The van der Waals surface area contributed by atoms with Crippen molar-refractivity contribution < 1.29 is 15.0 Å². The molecule has 0 saturated carbocycles. The molecule has 1 heterocycles. The molecule has 0 saturated heterocycles. The van der Waals surface area contributed by atoms with Crippen LogP contribution in [0.1, 0.15) is 52.5 Å². The molecule has 4 aromatic rings. The summed E-state index contributed by atoms with van der Waals surface area (Å²) >= 11 is 0. The monoisotopic (exact) mass is 468 g/mol. The van der Waals surface area contributed by atoms with Gasteiger partial charge in [-0.15, -0.1) is 0 Å². The Hall–Kier alpha value is -4.19. The van der Waals surface area contributed by atoms with Crippen molar-refractivity contribution in [2.24, 2.45) is 0 Å². The Balaban J connectivity index is 1.64. The van der Waals surface area contributed by atoms with Gasteiger partial charge in [0.2, 0.25) is 0 Å². The number of rotatable bonds is 9. The standard InChI is InChI=1S/C29H28N2O4/c1-2-3-8-27-26(28(33)31(19-30-27)18-21-11-15-23(32)16-12-21)17-20-9-13-22(14-10-20)24-6-4-5-7-25(24)29(34)35/h4-7,9-16,19,32H,2-3,8,17-18H2,1H3,(H,34,35). The van der Waals surface area contributed by atoms with E-state index in [2.05, 4.69) is 11.9 Å². The number of aromatic nitrogens is 2. The summed E-state index contributed by atoms with van der Waals surface area (Å²) in [6, 6.07) is 21.4. The second-order valence-electron chi connectivity index (χ2n) is 8.60. The summed E-state index contributed by atoms with van der Waals surface area (Å²) in [6.07, 6.45) is 4.75. The van der Waals surface area contributed by atoms with Gasteiger partial charge in [-0.3, -0.25) is 9.36 Å². The first-order chi connectivity index (χ1) is 17.0. The largest absolute Gasteiger partial charge is 0.508 e. The maximum absolute atomic E-state index is 13.4. The van der Waals surface area contributed by atoms with Crippen molar-refractivity contribution in [1.82, 2.24) is 9.55 Å². The molecule has 0 amide bonds. The van der Waals surface area contributed by atoms with E-state index in [1.807, 2.05) is 30.3 Å². The summed E-state index contributed by atoms with van der Waals surface area (Å²) < 4.78 is 1.61. The number of unbranched alkanes of at least 4 members (excludes halogenated alkanes) is 1. The number of nitrogens with zero attached hydrogens (tertiary/aromatic N) is 2. The molecule has 0 fully saturated rings. The molecule has 3 aromatic carbocycles. The highest BCUT2D eigenvalue weighted by Crippen LogP contribution is 2.25. The Morgan fingerprint density at radius 2 is 1.63 bits per heavy atom. The second kappa shape index (κ2) is 10.8. The highest BCUT2D eigenvalue weighted by molar-refractivity contribution is 5.95. The molecule has 0 atom stereocenters. The number of phenolic OH excluding ortho intramolecular Hbond substituents is 1. The topological polar surface area (TPSA) is 92.4 Å². The molecule has 35 heavy (non-hydrogen) atoms. The van der Waals surface area contributed by atoms with Crippen LogP contribution in [-0.2, 0) is 19.4 Å². The average Bonchev–Trinajstić information content (AvgIpc) is 2.87. The van der Waals surface area contributed by atoms with Gasteiger partial charge in [0, 0.05) is 12.0 Å². The van der Waals surface area contributed by atoms with E-state index < -0.39 is 5.97 Å². The SMILES string of the molecule is CCCCc1ncn(Cc2ccc(O)cc2)c(=O)c1Cc1ccc(-c2ccccc2C(=O)O)cc1. The Morgan fingerprint density at radius 1 is 0.943 bits per heavy atom. The lowest BCUT2D eigenvalue weighted by Gasteiger charge is -2.13. The summed E-state index contributed by atoms with van der Waals surface area (Å²) in [6.45, 7) is 2.48. The van der Waals surface area contributed by atoms with Crippen LogP contribution in [0.3, 0.4) is 0 Å². The smallest absolute Gasteiger partial charge is 0.336 e. The van der Waals surface area contributed by atoms with Gasteiger partial charge >= 0.3 is 5.97 Å². The number of aromatic hydroxyl groups is 1. The Labute approximate surface area is 204 Å². The van der Waals surface area contributed by atoms with Gasteiger partial charge < -0.3 is 10.2 Å². The Morgan fingerprint density at radius 3 is 2.31 bits per heavy atom. The van der Waals surface area contributed by atoms with Crippen LogP contribution in [0.2, 0.25) is 0 Å². The van der Waals surface area contributed by atoms with Crippen LogP contribution in [0.15, 0.2) is 83.9 Å². The first-order valence-electron chi connectivity index (χ1n) is 11.7. The zero-order valence-electron chi connectivity index (χ0n) is 19.6. The second-order valence-corrected chi connectivity index (χ2v) is 8.60. The van der Waals surface area contributed by atoms with Crippen molar-refractivity contribution in [3.63, 3.8) is 0 Å². The van der Waals surface area contributed by atoms with Crippen molar-refractivity contribution >= 4 is 5.97 Å². The summed E-state index contributed by atoms with van der Waals surface area (Å²) in [5, 5.41) is 19.0. The molecule has 0 bridgehead atoms. The molecule has 0 unspecified atom stereocenters. The number of carboxylic acids is 1. The van der Waals surface area contributed by atoms with Crippen LogP contribution in [0.4, 0.5) is 0 Å². The van der Waals surface area contributed by atoms with Crippen molar-refractivity contribution in [2.75, 3.05) is 0 Å². The maximum Gasteiger partial charge on any atom is 0.336 e. The number of aromatic carboxylic acids is 1. The predicted octanol–water partition coefficient (Wildman–Crippen LogP) is 5.30. The molecule has 2 N–H and O–H groups in total. The molecule has 0 aliphatic carbocycles. The van der Waals surface area contributed by atoms with Crippen molar-refractivity contribution in [2.45, 2.75) is 39.2 Å². The molecule has 0 radical (unpaired) electrons.